The number of benzene rings is 1. The SMILES string of the molecule is CCOCCOC(=O)Cc1ccc(OC)c(I)c1. The van der Waals surface area contributed by atoms with Crippen molar-refractivity contribution in [1.29, 1.82) is 0 Å². The lowest BCUT2D eigenvalue weighted by atomic mass is 10.1. The zero-order chi connectivity index (χ0) is 13.4. The molecule has 0 fully saturated rings. The van der Waals surface area contributed by atoms with E-state index in [0.717, 1.165) is 14.9 Å². The van der Waals surface area contributed by atoms with Gasteiger partial charge in [0.1, 0.15) is 12.4 Å². The second-order valence-electron chi connectivity index (χ2n) is 3.56. The quantitative estimate of drug-likeness (QED) is 0.424. The molecule has 0 radical (unpaired) electrons. The second kappa shape index (κ2) is 8.31. The lowest BCUT2D eigenvalue weighted by Gasteiger charge is -2.07. The maximum absolute atomic E-state index is 11.5. The fourth-order valence-electron chi connectivity index (χ4n) is 1.40. The first-order valence-electron chi connectivity index (χ1n) is 5.73. The van der Waals surface area contributed by atoms with Gasteiger partial charge in [-0.2, -0.15) is 0 Å². The molecule has 0 atom stereocenters. The van der Waals surface area contributed by atoms with E-state index in [1.54, 1.807) is 7.11 Å². The number of carbonyl (C=O) groups excluding carboxylic acids is 1. The molecule has 0 aliphatic rings. The summed E-state index contributed by atoms with van der Waals surface area (Å²) in [6, 6.07) is 5.64. The number of methoxy groups -OCH3 is 1. The summed E-state index contributed by atoms with van der Waals surface area (Å²) in [5.74, 6) is 0.569. The van der Waals surface area contributed by atoms with Crippen LogP contribution < -0.4 is 4.74 Å². The monoisotopic (exact) mass is 364 g/mol. The van der Waals surface area contributed by atoms with Crippen LogP contribution in [0, 0.1) is 3.57 Å². The summed E-state index contributed by atoms with van der Waals surface area (Å²) in [5.41, 5.74) is 0.918. The topological polar surface area (TPSA) is 44.8 Å². The summed E-state index contributed by atoms with van der Waals surface area (Å²) in [4.78, 5) is 11.5. The van der Waals surface area contributed by atoms with Gasteiger partial charge in [-0.05, 0) is 47.2 Å². The van der Waals surface area contributed by atoms with Crippen molar-refractivity contribution in [2.24, 2.45) is 0 Å². The molecule has 0 aliphatic carbocycles. The number of halogens is 1. The molecule has 0 aromatic heterocycles. The van der Waals surface area contributed by atoms with Gasteiger partial charge < -0.3 is 14.2 Å². The average Bonchev–Trinajstić information content (AvgIpc) is 2.35. The third-order valence-electron chi connectivity index (χ3n) is 2.26. The van der Waals surface area contributed by atoms with Gasteiger partial charge in [-0.15, -0.1) is 0 Å². The lowest BCUT2D eigenvalue weighted by Crippen LogP contribution is -2.12. The standard InChI is InChI=1S/C13H17IO4/c1-3-17-6-7-18-13(15)9-10-4-5-12(16-2)11(14)8-10/h4-5,8H,3,6-7,9H2,1-2H3. The molecule has 1 rings (SSSR count). The molecule has 0 N–H and O–H groups in total. The first-order chi connectivity index (χ1) is 8.67. The molecule has 0 unspecified atom stereocenters. The van der Waals surface area contributed by atoms with Crippen molar-refractivity contribution in [3.8, 4) is 5.75 Å². The zero-order valence-corrected chi connectivity index (χ0v) is 12.7. The molecule has 100 valence electrons. The van der Waals surface area contributed by atoms with Crippen molar-refractivity contribution in [3.05, 3.63) is 27.3 Å². The van der Waals surface area contributed by atoms with Gasteiger partial charge in [0, 0.05) is 6.61 Å². The number of rotatable bonds is 7. The highest BCUT2D eigenvalue weighted by molar-refractivity contribution is 14.1. The first kappa shape index (κ1) is 15.2. The summed E-state index contributed by atoms with van der Waals surface area (Å²) in [7, 11) is 1.62. The van der Waals surface area contributed by atoms with E-state index < -0.39 is 0 Å². The van der Waals surface area contributed by atoms with E-state index in [-0.39, 0.29) is 12.4 Å². The molecule has 0 spiro atoms. The summed E-state index contributed by atoms with van der Waals surface area (Å²) in [6.45, 7) is 3.29. The zero-order valence-electron chi connectivity index (χ0n) is 10.6. The Morgan fingerprint density at radius 1 is 1.33 bits per heavy atom. The van der Waals surface area contributed by atoms with Gasteiger partial charge in [-0.1, -0.05) is 6.07 Å². The number of ether oxygens (including phenoxy) is 3. The van der Waals surface area contributed by atoms with Gasteiger partial charge in [0.2, 0.25) is 0 Å². The van der Waals surface area contributed by atoms with Crippen LogP contribution in [-0.2, 0) is 20.7 Å². The van der Waals surface area contributed by atoms with E-state index in [1.807, 2.05) is 25.1 Å². The summed E-state index contributed by atoms with van der Waals surface area (Å²) in [5, 5.41) is 0. The fraction of sp³-hybridized carbons (Fsp3) is 0.462. The first-order valence-corrected chi connectivity index (χ1v) is 6.81. The minimum atomic E-state index is -0.240. The van der Waals surface area contributed by atoms with Gasteiger partial charge in [-0.25, -0.2) is 0 Å². The predicted molar refractivity (Wildman–Crippen MR) is 76.9 cm³/mol. The minimum Gasteiger partial charge on any atom is -0.496 e. The molecule has 5 heteroatoms. The molecule has 0 aliphatic heterocycles. The highest BCUT2D eigenvalue weighted by atomic mass is 127. The predicted octanol–water partition coefficient (Wildman–Crippen LogP) is 2.42. The summed E-state index contributed by atoms with van der Waals surface area (Å²) < 4.78 is 16.3. The average molecular weight is 364 g/mol. The van der Waals surface area contributed by atoms with Gasteiger partial charge in [0.15, 0.2) is 0 Å². The van der Waals surface area contributed by atoms with Crippen LogP contribution in [0.5, 0.6) is 5.75 Å². The van der Waals surface area contributed by atoms with Crippen molar-refractivity contribution >= 4 is 28.6 Å². The Kier molecular flexibility index (Phi) is 7.04. The number of hydrogen-bond donors (Lipinski definition) is 0. The Labute approximate surface area is 121 Å². The molecule has 0 bridgehead atoms. The Morgan fingerprint density at radius 2 is 2.11 bits per heavy atom. The van der Waals surface area contributed by atoms with Gasteiger partial charge in [-0.3, -0.25) is 4.79 Å². The Hall–Kier alpha value is -0.820. The van der Waals surface area contributed by atoms with Crippen LogP contribution in [0.2, 0.25) is 0 Å². The van der Waals surface area contributed by atoms with Crippen molar-refractivity contribution in [2.45, 2.75) is 13.3 Å². The summed E-state index contributed by atoms with van der Waals surface area (Å²) in [6.07, 6.45) is 0.270. The molecule has 1 aromatic carbocycles. The van der Waals surface area contributed by atoms with Crippen molar-refractivity contribution < 1.29 is 19.0 Å². The van der Waals surface area contributed by atoms with E-state index >= 15 is 0 Å². The van der Waals surface area contributed by atoms with Gasteiger partial charge in [0.25, 0.3) is 0 Å². The number of esters is 1. The van der Waals surface area contributed by atoms with Crippen LogP contribution in [0.4, 0.5) is 0 Å². The van der Waals surface area contributed by atoms with Crippen LogP contribution in [0.15, 0.2) is 18.2 Å². The molecular weight excluding hydrogens is 347 g/mol. The largest absolute Gasteiger partial charge is 0.496 e. The Morgan fingerprint density at radius 3 is 2.72 bits per heavy atom. The van der Waals surface area contributed by atoms with Gasteiger partial charge >= 0.3 is 5.97 Å². The molecule has 0 saturated carbocycles. The van der Waals surface area contributed by atoms with E-state index in [2.05, 4.69) is 22.6 Å². The highest BCUT2D eigenvalue weighted by Gasteiger charge is 2.07. The molecule has 1 aromatic rings. The molecule has 0 heterocycles. The van der Waals surface area contributed by atoms with E-state index in [9.17, 15) is 4.79 Å². The maximum atomic E-state index is 11.5. The van der Waals surface area contributed by atoms with Crippen LogP contribution in [-0.4, -0.2) is 32.9 Å². The highest BCUT2D eigenvalue weighted by Crippen LogP contribution is 2.21. The van der Waals surface area contributed by atoms with E-state index in [0.29, 0.717) is 19.8 Å². The van der Waals surface area contributed by atoms with Crippen LogP contribution in [0.3, 0.4) is 0 Å². The lowest BCUT2D eigenvalue weighted by molar-refractivity contribution is -0.144. The van der Waals surface area contributed by atoms with Crippen molar-refractivity contribution in [2.75, 3.05) is 26.9 Å². The Balaban J connectivity index is 2.42. The third kappa shape index (κ3) is 5.22. The smallest absolute Gasteiger partial charge is 0.310 e. The van der Waals surface area contributed by atoms with E-state index in [4.69, 9.17) is 14.2 Å². The molecule has 4 nitrogen and oxygen atoms in total. The number of carbonyl (C=O) groups is 1. The molecule has 0 amide bonds. The second-order valence-corrected chi connectivity index (χ2v) is 4.73. The molecule has 18 heavy (non-hydrogen) atoms. The van der Waals surface area contributed by atoms with Crippen molar-refractivity contribution in [1.82, 2.24) is 0 Å². The van der Waals surface area contributed by atoms with Crippen molar-refractivity contribution in [3.63, 3.8) is 0 Å². The normalized spacial score (nSPS) is 10.2. The Bertz CT molecular complexity index is 393. The maximum Gasteiger partial charge on any atom is 0.310 e. The fourth-order valence-corrected chi connectivity index (χ4v) is 2.20. The number of hydrogen-bond acceptors (Lipinski definition) is 4. The van der Waals surface area contributed by atoms with Crippen LogP contribution in [0.1, 0.15) is 12.5 Å². The third-order valence-corrected chi connectivity index (χ3v) is 3.10. The molecular formula is C13H17IO4. The van der Waals surface area contributed by atoms with Crippen LogP contribution >= 0.6 is 22.6 Å². The summed E-state index contributed by atoms with van der Waals surface area (Å²) >= 11 is 2.18. The molecule has 0 saturated heterocycles. The van der Waals surface area contributed by atoms with Crippen LogP contribution in [0.25, 0.3) is 0 Å². The van der Waals surface area contributed by atoms with E-state index in [1.165, 1.54) is 0 Å². The van der Waals surface area contributed by atoms with Gasteiger partial charge in [0.05, 0.1) is 23.7 Å². The minimum absolute atomic E-state index is 0.240.